The van der Waals surface area contributed by atoms with Gasteiger partial charge in [0.2, 0.25) is 5.89 Å². The molecule has 6 heteroatoms. The molecule has 4 nitrogen and oxygen atoms in total. The van der Waals surface area contributed by atoms with Crippen molar-refractivity contribution < 1.29 is 9.21 Å². The van der Waals surface area contributed by atoms with Crippen molar-refractivity contribution in [3.8, 4) is 0 Å². The summed E-state index contributed by atoms with van der Waals surface area (Å²) in [5.74, 6) is 0.174. The van der Waals surface area contributed by atoms with E-state index in [0.29, 0.717) is 5.89 Å². The van der Waals surface area contributed by atoms with Crippen molar-refractivity contribution in [1.82, 2.24) is 10.2 Å². The number of carbonyl (C=O) groups excluding carboxylic acids is 1. The average molecular weight is 183 g/mol. The van der Waals surface area contributed by atoms with Crippen LogP contribution in [-0.2, 0) is 0 Å². The number of rotatable bonds is 1. The molecule has 1 aromatic rings. The molecule has 0 aliphatic heterocycles. The van der Waals surface area contributed by atoms with Crippen LogP contribution in [0.5, 0.6) is 0 Å². The molecule has 0 unspecified atom stereocenters. The van der Waals surface area contributed by atoms with Crippen molar-refractivity contribution in [3.05, 3.63) is 11.8 Å². The van der Waals surface area contributed by atoms with Crippen LogP contribution in [-0.4, -0.2) is 15.4 Å². The Bertz CT molecular complexity index is 235. The quantitative estimate of drug-likeness (QED) is 0.613. The van der Waals surface area contributed by atoms with Crippen LogP contribution in [0.1, 0.15) is 16.6 Å². The minimum atomic E-state index is -0.726. The Balaban J connectivity index is 0.000000810. The van der Waals surface area contributed by atoms with Gasteiger partial charge in [-0.25, -0.2) is 0 Å². The molecule has 0 saturated carbocycles. The highest BCUT2D eigenvalue weighted by Crippen LogP contribution is 2.00. The second-order valence-electron chi connectivity index (χ2n) is 1.40. The first kappa shape index (κ1) is 9.39. The van der Waals surface area contributed by atoms with Gasteiger partial charge in [-0.1, -0.05) is 0 Å². The standard InChI is InChI=1S/C4H3ClN2O2.ClH/c1-2-6-7-4(9-2)3(5)8;/h1H3;1H. The molecule has 0 N–H and O–H groups in total. The van der Waals surface area contributed by atoms with Gasteiger partial charge >= 0.3 is 11.1 Å². The highest BCUT2D eigenvalue weighted by molar-refractivity contribution is 6.67. The monoisotopic (exact) mass is 182 g/mol. The third-order valence-corrected chi connectivity index (χ3v) is 0.856. The van der Waals surface area contributed by atoms with E-state index in [9.17, 15) is 4.79 Å². The minimum absolute atomic E-state index is 0. The first-order chi connectivity index (χ1) is 4.20. The lowest BCUT2D eigenvalue weighted by atomic mass is 10.7. The van der Waals surface area contributed by atoms with Gasteiger partial charge in [-0.3, -0.25) is 4.79 Å². The summed E-state index contributed by atoms with van der Waals surface area (Å²) < 4.78 is 4.64. The van der Waals surface area contributed by atoms with Gasteiger partial charge in [-0.05, 0) is 11.6 Å². The highest BCUT2D eigenvalue weighted by atomic mass is 35.5. The fraction of sp³-hybridized carbons (Fsp3) is 0.250. The molecule has 1 aromatic heterocycles. The van der Waals surface area contributed by atoms with E-state index in [1.54, 1.807) is 6.92 Å². The molecule has 0 fully saturated rings. The summed E-state index contributed by atoms with van der Waals surface area (Å²) in [6, 6.07) is 0. The number of hydrogen-bond donors (Lipinski definition) is 0. The summed E-state index contributed by atoms with van der Waals surface area (Å²) in [5, 5.41) is 6.01. The van der Waals surface area contributed by atoms with Crippen LogP contribution in [0.25, 0.3) is 0 Å². The SMILES string of the molecule is Cc1nnc(C(=O)Cl)o1.Cl. The second-order valence-corrected chi connectivity index (χ2v) is 1.74. The van der Waals surface area contributed by atoms with Gasteiger partial charge in [0.15, 0.2) is 0 Å². The van der Waals surface area contributed by atoms with Crippen LogP contribution in [0.15, 0.2) is 4.42 Å². The molecule has 0 radical (unpaired) electrons. The molecule has 0 aromatic carbocycles. The number of halogens is 2. The maximum atomic E-state index is 10.2. The Morgan fingerprint density at radius 3 is 2.40 bits per heavy atom. The minimum Gasteiger partial charge on any atom is -0.418 e. The lowest BCUT2D eigenvalue weighted by molar-refractivity contribution is 0.105. The molecule has 56 valence electrons. The summed E-state index contributed by atoms with van der Waals surface area (Å²) in [5.41, 5.74) is 0. The summed E-state index contributed by atoms with van der Waals surface area (Å²) in [6.07, 6.45) is 0. The van der Waals surface area contributed by atoms with Crippen molar-refractivity contribution in [2.75, 3.05) is 0 Å². The second kappa shape index (κ2) is 3.53. The maximum Gasteiger partial charge on any atom is 0.309 e. The molecular formula is C4H4Cl2N2O2. The lowest BCUT2D eigenvalue weighted by Crippen LogP contribution is -1.86. The molecule has 0 amide bonds. The van der Waals surface area contributed by atoms with E-state index in [1.165, 1.54) is 0 Å². The third-order valence-electron chi connectivity index (χ3n) is 0.694. The number of aromatic nitrogens is 2. The van der Waals surface area contributed by atoms with Crippen LogP contribution in [0.2, 0.25) is 0 Å². The van der Waals surface area contributed by atoms with E-state index in [1.807, 2.05) is 0 Å². The van der Waals surface area contributed by atoms with Gasteiger partial charge in [-0.15, -0.1) is 22.6 Å². The van der Waals surface area contributed by atoms with Gasteiger partial charge < -0.3 is 4.42 Å². The Morgan fingerprint density at radius 2 is 2.20 bits per heavy atom. The van der Waals surface area contributed by atoms with Crippen LogP contribution < -0.4 is 0 Å². The van der Waals surface area contributed by atoms with E-state index < -0.39 is 5.24 Å². The van der Waals surface area contributed by atoms with Gasteiger partial charge in [0.1, 0.15) is 0 Å². The van der Waals surface area contributed by atoms with Crippen molar-refractivity contribution in [2.24, 2.45) is 0 Å². The molecule has 0 aliphatic rings. The van der Waals surface area contributed by atoms with Gasteiger partial charge in [0.25, 0.3) is 0 Å². The van der Waals surface area contributed by atoms with E-state index in [-0.39, 0.29) is 18.3 Å². The van der Waals surface area contributed by atoms with Crippen LogP contribution in [0.3, 0.4) is 0 Å². The van der Waals surface area contributed by atoms with E-state index in [0.717, 1.165) is 0 Å². The zero-order chi connectivity index (χ0) is 6.85. The molecule has 0 spiro atoms. The topological polar surface area (TPSA) is 56.0 Å². The first-order valence-electron chi connectivity index (χ1n) is 2.20. The van der Waals surface area contributed by atoms with Crippen molar-refractivity contribution in [2.45, 2.75) is 6.92 Å². The van der Waals surface area contributed by atoms with Crippen LogP contribution >= 0.6 is 24.0 Å². The maximum absolute atomic E-state index is 10.2. The summed E-state index contributed by atoms with van der Waals surface area (Å²) >= 11 is 4.98. The predicted molar refractivity (Wildman–Crippen MR) is 36.5 cm³/mol. The number of nitrogens with zero attached hydrogens (tertiary/aromatic N) is 2. The summed E-state index contributed by atoms with van der Waals surface area (Å²) in [6.45, 7) is 1.58. The molecule has 0 bridgehead atoms. The largest absolute Gasteiger partial charge is 0.418 e. The zero-order valence-corrected chi connectivity index (χ0v) is 6.57. The number of hydrogen-bond acceptors (Lipinski definition) is 4. The molecule has 1 rings (SSSR count). The molecule has 1 heterocycles. The highest BCUT2D eigenvalue weighted by Gasteiger charge is 2.08. The van der Waals surface area contributed by atoms with Crippen LogP contribution in [0, 0.1) is 6.92 Å². The fourth-order valence-electron chi connectivity index (χ4n) is 0.376. The normalized spacial score (nSPS) is 8.60. The van der Waals surface area contributed by atoms with E-state index in [4.69, 9.17) is 11.6 Å². The Kier molecular flexibility index (Phi) is 3.32. The van der Waals surface area contributed by atoms with E-state index in [2.05, 4.69) is 14.6 Å². The van der Waals surface area contributed by atoms with Gasteiger partial charge in [-0.2, -0.15) is 0 Å². The fourth-order valence-corrected chi connectivity index (χ4v) is 0.452. The summed E-state index contributed by atoms with van der Waals surface area (Å²) in [7, 11) is 0. The Hall–Kier alpha value is -0.610. The van der Waals surface area contributed by atoms with Gasteiger partial charge in [0.05, 0.1) is 0 Å². The lowest BCUT2D eigenvalue weighted by Gasteiger charge is -1.75. The van der Waals surface area contributed by atoms with Gasteiger partial charge in [0, 0.05) is 6.92 Å². The average Bonchev–Trinajstić information content (AvgIpc) is 2.14. The summed E-state index contributed by atoms with van der Waals surface area (Å²) in [4.78, 5) is 10.2. The smallest absolute Gasteiger partial charge is 0.309 e. The van der Waals surface area contributed by atoms with Crippen LogP contribution in [0.4, 0.5) is 0 Å². The Labute approximate surface area is 68.0 Å². The van der Waals surface area contributed by atoms with Crippen molar-refractivity contribution >= 4 is 29.3 Å². The molecular weight excluding hydrogens is 179 g/mol. The molecule has 0 aliphatic carbocycles. The molecule has 10 heavy (non-hydrogen) atoms. The van der Waals surface area contributed by atoms with Crippen molar-refractivity contribution in [1.29, 1.82) is 0 Å². The first-order valence-corrected chi connectivity index (χ1v) is 2.58. The van der Waals surface area contributed by atoms with Crippen molar-refractivity contribution in [3.63, 3.8) is 0 Å². The zero-order valence-electron chi connectivity index (χ0n) is 5.00. The number of aryl methyl sites for hydroxylation is 1. The number of carbonyl (C=O) groups is 1. The molecule has 0 atom stereocenters. The van der Waals surface area contributed by atoms with E-state index >= 15 is 0 Å². The molecule has 0 saturated heterocycles. The Morgan fingerprint density at radius 1 is 1.60 bits per heavy atom. The predicted octanol–water partition coefficient (Wildman–Crippen LogP) is 1.18. The third kappa shape index (κ3) is 1.97.